The van der Waals surface area contributed by atoms with Crippen LogP contribution < -0.4 is 19.9 Å². The van der Waals surface area contributed by atoms with Gasteiger partial charge in [0.15, 0.2) is 0 Å². The molecule has 0 N–H and O–H groups in total. The van der Waals surface area contributed by atoms with Gasteiger partial charge in [0.25, 0.3) is 0 Å². The Morgan fingerprint density at radius 2 is 1.12 bits per heavy atom. The summed E-state index contributed by atoms with van der Waals surface area (Å²) in [5.74, 6) is 3.84. The third-order valence-corrected chi connectivity index (χ3v) is 9.18. The monoisotopic (exact) mass is 522 g/mol. The maximum absolute atomic E-state index is 6.50. The van der Waals surface area contributed by atoms with E-state index in [-0.39, 0.29) is 20.7 Å². The number of benzene rings is 5. The van der Waals surface area contributed by atoms with E-state index in [1.54, 1.807) is 0 Å². The molecule has 2 nitrogen and oxygen atoms in total. The summed E-state index contributed by atoms with van der Waals surface area (Å²) in [7, 11) is 0. The molecule has 0 unspecified atom stereocenters. The van der Waals surface area contributed by atoms with Crippen molar-refractivity contribution in [2.24, 2.45) is 0 Å². The van der Waals surface area contributed by atoms with Crippen LogP contribution in [0.3, 0.4) is 0 Å². The average molecular weight is 522 g/mol. The van der Waals surface area contributed by atoms with Crippen molar-refractivity contribution >= 4 is 55.6 Å². The summed E-state index contributed by atoms with van der Waals surface area (Å²) in [6, 6.07) is 30.2. The first-order valence-corrected chi connectivity index (χ1v) is 13.0. The predicted octanol–water partition coefficient (Wildman–Crippen LogP) is 6.21. The van der Waals surface area contributed by atoms with Gasteiger partial charge in [-0.1, -0.05) is 69.3 Å². The van der Waals surface area contributed by atoms with Crippen molar-refractivity contribution in [1.29, 1.82) is 0 Å². The van der Waals surface area contributed by atoms with E-state index >= 15 is 0 Å². The first kappa shape index (κ1) is 17.2. The van der Waals surface area contributed by atoms with Crippen molar-refractivity contribution in [1.82, 2.24) is 0 Å². The SMILES string of the molecule is C1=IC2=c3c(ccc4c3=C1Oc1cc3ccccc3cc1-4)Oc1cc3ccccc3cc12. The summed E-state index contributed by atoms with van der Waals surface area (Å²) >= 11 is -0.353. The molecule has 32 heavy (non-hydrogen) atoms. The van der Waals surface area contributed by atoms with Gasteiger partial charge in [-0.15, -0.1) is 0 Å². The maximum atomic E-state index is 6.50. The predicted molar refractivity (Wildman–Crippen MR) is 139 cm³/mol. The summed E-state index contributed by atoms with van der Waals surface area (Å²) in [6.07, 6.45) is 0. The molecule has 0 saturated heterocycles. The summed E-state index contributed by atoms with van der Waals surface area (Å²) in [5.41, 5.74) is 3.62. The van der Waals surface area contributed by atoms with E-state index in [1.165, 1.54) is 46.7 Å². The van der Waals surface area contributed by atoms with Gasteiger partial charge < -0.3 is 9.47 Å². The summed E-state index contributed by atoms with van der Waals surface area (Å²) in [5, 5.41) is 7.31. The molecular formula is C29H15IO2. The van der Waals surface area contributed by atoms with E-state index in [4.69, 9.17) is 9.47 Å². The van der Waals surface area contributed by atoms with Crippen molar-refractivity contribution in [2.75, 3.05) is 0 Å². The summed E-state index contributed by atoms with van der Waals surface area (Å²) in [4.78, 5) is 0. The van der Waals surface area contributed by atoms with Gasteiger partial charge in [0.05, 0.1) is 0 Å². The van der Waals surface area contributed by atoms with Crippen LogP contribution in [0.5, 0.6) is 17.2 Å². The molecule has 0 radical (unpaired) electrons. The molecule has 3 aliphatic heterocycles. The Hall–Kier alpha value is -3.44. The van der Waals surface area contributed by atoms with Gasteiger partial charge >= 0.3 is 0 Å². The van der Waals surface area contributed by atoms with Crippen molar-refractivity contribution in [3.63, 3.8) is 0 Å². The molecule has 5 aromatic rings. The van der Waals surface area contributed by atoms with Gasteiger partial charge in [0, 0.05) is 29.2 Å². The van der Waals surface area contributed by atoms with Crippen LogP contribution in [0.1, 0.15) is 5.56 Å². The molecule has 0 spiro atoms. The van der Waals surface area contributed by atoms with Crippen LogP contribution in [0.25, 0.3) is 42.0 Å². The molecule has 3 heterocycles. The average Bonchev–Trinajstić information content (AvgIpc) is 2.84. The molecule has 0 fully saturated rings. The van der Waals surface area contributed by atoms with Gasteiger partial charge in [0.1, 0.15) is 23.0 Å². The normalized spacial score (nSPS) is 14.8. The first-order valence-electron chi connectivity index (χ1n) is 10.6. The van der Waals surface area contributed by atoms with Crippen molar-refractivity contribution in [3.05, 3.63) is 101 Å². The second-order valence-corrected chi connectivity index (χ2v) is 10.7. The molecule has 150 valence electrons. The van der Waals surface area contributed by atoms with E-state index < -0.39 is 0 Å². The van der Waals surface area contributed by atoms with Crippen molar-refractivity contribution in [2.45, 2.75) is 0 Å². The lowest BCUT2D eigenvalue weighted by Crippen LogP contribution is -2.38. The van der Waals surface area contributed by atoms with E-state index in [1.807, 2.05) is 0 Å². The molecule has 3 heteroatoms. The van der Waals surface area contributed by atoms with Crippen LogP contribution in [-0.2, 0) is 0 Å². The number of ether oxygens (including phenoxy) is 2. The third kappa shape index (κ3) is 2.21. The van der Waals surface area contributed by atoms with E-state index in [2.05, 4.69) is 88.9 Å². The zero-order chi connectivity index (χ0) is 20.8. The number of halogens is 1. The molecular weight excluding hydrogens is 507 g/mol. The molecule has 0 aromatic heterocycles. The molecule has 8 rings (SSSR count). The fourth-order valence-electron chi connectivity index (χ4n) is 5.07. The second kappa shape index (κ2) is 6.08. The second-order valence-electron chi connectivity index (χ2n) is 8.35. The Kier molecular flexibility index (Phi) is 3.26. The maximum Gasteiger partial charge on any atom is 0.141 e. The first-order chi connectivity index (χ1) is 15.8. The standard InChI is InChI=1S/C29H15IO2/c1-3-7-18-13-24-21(11-16(18)5-1)20-9-10-23-28-27(20)26(32-24)15-30-29(28)22-12-17-6-2-4-8-19(17)14-25(22)31-23/h1-15H. The molecule has 0 aliphatic carbocycles. The van der Waals surface area contributed by atoms with Gasteiger partial charge in [-0.3, -0.25) is 0 Å². The highest BCUT2D eigenvalue weighted by Gasteiger charge is 2.27. The Labute approximate surface area is 193 Å². The fraction of sp³-hybridized carbons (Fsp3) is 0. The molecule has 0 saturated carbocycles. The minimum absolute atomic E-state index is 0.353. The zero-order valence-corrected chi connectivity index (χ0v) is 19.0. The Morgan fingerprint density at radius 1 is 0.500 bits per heavy atom. The third-order valence-electron chi connectivity index (χ3n) is 6.56. The lowest BCUT2D eigenvalue weighted by Gasteiger charge is -2.26. The largest absolute Gasteiger partial charge is 0.456 e. The van der Waals surface area contributed by atoms with Crippen molar-refractivity contribution < 1.29 is 9.47 Å². The molecule has 0 bridgehead atoms. The Balaban J connectivity index is 1.49. The van der Waals surface area contributed by atoms with E-state index in [0.717, 1.165) is 28.6 Å². The smallest absolute Gasteiger partial charge is 0.141 e. The topological polar surface area (TPSA) is 18.5 Å². The van der Waals surface area contributed by atoms with E-state index in [9.17, 15) is 0 Å². The molecule has 5 aromatic carbocycles. The van der Waals surface area contributed by atoms with Crippen LogP contribution in [0.2, 0.25) is 0 Å². The van der Waals surface area contributed by atoms with Crippen LogP contribution >= 0.6 is 20.7 Å². The van der Waals surface area contributed by atoms with Gasteiger partial charge in [-0.05, 0) is 63.5 Å². The quantitative estimate of drug-likeness (QED) is 0.225. The Bertz CT molecular complexity index is 1830. The highest BCUT2D eigenvalue weighted by atomic mass is 127. The van der Waals surface area contributed by atoms with Gasteiger partial charge in [-0.2, -0.15) is 0 Å². The molecule has 0 atom stereocenters. The number of fused-ring (bicyclic) bond motifs is 6. The number of rotatable bonds is 0. The number of hydrogen-bond acceptors (Lipinski definition) is 2. The Morgan fingerprint density at radius 3 is 1.84 bits per heavy atom. The summed E-state index contributed by atoms with van der Waals surface area (Å²) in [6.45, 7) is 0. The lowest BCUT2D eigenvalue weighted by molar-refractivity contribution is 0.471. The minimum Gasteiger partial charge on any atom is -0.456 e. The molecule has 3 aliphatic rings. The minimum atomic E-state index is -0.353. The fourth-order valence-corrected chi connectivity index (χ4v) is 7.71. The van der Waals surface area contributed by atoms with Crippen LogP contribution in [0.15, 0.2) is 84.9 Å². The lowest BCUT2D eigenvalue weighted by atomic mass is 9.93. The molecule has 0 amide bonds. The van der Waals surface area contributed by atoms with Gasteiger partial charge in [-0.25, -0.2) is 0 Å². The number of hydrogen-bond donors (Lipinski definition) is 0. The van der Waals surface area contributed by atoms with Gasteiger partial charge in [0.2, 0.25) is 0 Å². The zero-order valence-electron chi connectivity index (χ0n) is 16.9. The van der Waals surface area contributed by atoms with E-state index in [0.29, 0.717) is 0 Å². The summed E-state index contributed by atoms with van der Waals surface area (Å²) < 4.78 is 16.7. The van der Waals surface area contributed by atoms with Crippen LogP contribution in [0.4, 0.5) is 0 Å². The van der Waals surface area contributed by atoms with Crippen LogP contribution in [0, 0.1) is 0 Å². The highest BCUT2D eigenvalue weighted by molar-refractivity contribution is 14.2. The van der Waals surface area contributed by atoms with Crippen molar-refractivity contribution in [3.8, 4) is 28.4 Å². The highest BCUT2D eigenvalue weighted by Crippen LogP contribution is 2.44. The van der Waals surface area contributed by atoms with Crippen LogP contribution in [-0.4, -0.2) is 4.01 Å².